The zero-order valence-electron chi connectivity index (χ0n) is 21.0. The SMILES string of the molecule is CC[C@H](O)c1n[nH]c(-c2cncc(C3CC[C@H](CC(C)C)c4cc(-c5c(F)cccc5F)nnc43)n2)n1. The lowest BCUT2D eigenvalue weighted by molar-refractivity contribution is 0.164. The average Bonchev–Trinajstić information content (AvgIpc) is 3.39. The van der Waals surface area contributed by atoms with Crippen molar-refractivity contribution in [3.05, 3.63) is 71.1 Å². The van der Waals surface area contributed by atoms with Gasteiger partial charge in [0.15, 0.2) is 11.6 Å². The van der Waals surface area contributed by atoms with E-state index in [1.54, 1.807) is 18.5 Å². The van der Waals surface area contributed by atoms with Gasteiger partial charge in [-0.3, -0.25) is 10.1 Å². The second-order valence-electron chi connectivity index (χ2n) is 9.92. The molecule has 0 fully saturated rings. The summed E-state index contributed by atoms with van der Waals surface area (Å²) in [6.07, 6.45) is 5.63. The van der Waals surface area contributed by atoms with Crippen molar-refractivity contribution in [1.29, 1.82) is 0 Å². The Balaban J connectivity index is 1.55. The summed E-state index contributed by atoms with van der Waals surface area (Å²) in [7, 11) is 0. The maximum atomic E-state index is 14.5. The van der Waals surface area contributed by atoms with Gasteiger partial charge in [0.1, 0.15) is 23.4 Å². The van der Waals surface area contributed by atoms with Crippen molar-refractivity contribution >= 4 is 0 Å². The van der Waals surface area contributed by atoms with Crippen LogP contribution in [0.15, 0.2) is 36.7 Å². The first-order valence-electron chi connectivity index (χ1n) is 12.6. The monoisotopic (exact) mass is 505 g/mol. The van der Waals surface area contributed by atoms with Gasteiger partial charge >= 0.3 is 0 Å². The molecule has 3 atom stereocenters. The lowest BCUT2D eigenvalue weighted by Gasteiger charge is -2.31. The first-order chi connectivity index (χ1) is 17.9. The summed E-state index contributed by atoms with van der Waals surface area (Å²) in [5.74, 6) is -0.149. The number of halogens is 2. The molecule has 1 aliphatic carbocycles. The molecule has 3 aromatic heterocycles. The smallest absolute Gasteiger partial charge is 0.179 e. The van der Waals surface area contributed by atoms with Crippen molar-refractivity contribution < 1.29 is 13.9 Å². The number of benzene rings is 1. The zero-order chi connectivity index (χ0) is 26.1. The van der Waals surface area contributed by atoms with Gasteiger partial charge in [0, 0.05) is 12.1 Å². The quantitative estimate of drug-likeness (QED) is 0.341. The third-order valence-corrected chi connectivity index (χ3v) is 6.84. The topological polar surface area (TPSA) is 113 Å². The molecule has 0 spiro atoms. The van der Waals surface area contributed by atoms with Gasteiger partial charge in [-0.1, -0.05) is 26.8 Å². The molecule has 37 heavy (non-hydrogen) atoms. The number of hydrogen-bond donors (Lipinski definition) is 2. The van der Waals surface area contributed by atoms with Gasteiger partial charge < -0.3 is 5.11 Å². The molecule has 1 unspecified atom stereocenters. The van der Waals surface area contributed by atoms with Crippen LogP contribution in [0.1, 0.15) is 87.2 Å². The van der Waals surface area contributed by atoms with Crippen molar-refractivity contribution in [2.45, 2.75) is 64.4 Å². The van der Waals surface area contributed by atoms with Gasteiger partial charge in [-0.05, 0) is 61.3 Å². The van der Waals surface area contributed by atoms with Crippen molar-refractivity contribution in [2.75, 3.05) is 0 Å². The van der Waals surface area contributed by atoms with Crippen LogP contribution < -0.4 is 0 Å². The van der Waals surface area contributed by atoms with E-state index < -0.39 is 17.7 Å². The van der Waals surface area contributed by atoms with Crippen molar-refractivity contribution in [2.24, 2.45) is 5.92 Å². The summed E-state index contributed by atoms with van der Waals surface area (Å²) in [6, 6.07) is 5.58. The van der Waals surface area contributed by atoms with Gasteiger partial charge in [0.25, 0.3) is 0 Å². The summed E-state index contributed by atoms with van der Waals surface area (Å²) in [5.41, 5.74) is 2.92. The van der Waals surface area contributed by atoms with E-state index >= 15 is 0 Å². The number of nitrogens with zero attached hydrogens (tertiary/aromatic N) is 6. The van der Waals surface area contributed by atoms with E-state index in [0.717, 1.165) is 30.5 Å². The van der Waals surface area contributed by atoms with Crippen LogP contribution in [0.2, 0.25) is 0 Å². The van der Waals surface area contributed by atoms with E-state index in [4.69, 9.17) is 4.98 Å². The molecule has 3 heterocycles. The standard InChI is InChI=1S/C27H29F2N7O/c1-4-23(37)27-32-26(35-36-27)22-13-30-12-21(31-22)16-9-8-15(10-14(2)3)17-11-20(33-34-25(16)17)24-18(28)6-5-7-19(24)29/h5-7,11-16,23,37H,4,8-10H2,1-3H3,(H,32,35,36)/t15-,16?,23+/m1/s1. The Morgan fingerprint density at radius 3 is 2.57 bits per heavy atom. The third kappa shape index (κ3) is 4.98. The number of nitrogens with one attached hydrogen (secondary N) is 1. The zero-order valence-corrected chi connectivity index (χ0v) is 21.0. The van der Waals surface area contributed by atoms with E-state index in [2.05, 4.69) is 44.2 Å². The number of aromatic nitrogens is 7. The van der Waals surface area contributed by atoms with E-state index in [1.165, 1.54) is 18.2 Å². The number of aliphatic hydroxyl groups excluding tert-OH is 1. The molecule has 192 valence electrons. The van der Waals surface area contributed by atoms with Gasteiger partial charge in [0.05, 0.1) is 28.8 Å². The van der Waals surface area contributed by atoms with Crippen molar-refractivity contribution in [1.82, 2.24) is 35.3 Å². The second-order valence-corrected chi connectivity index (χ2v) is 9.92. The molecule has 2 N–H and O–H groups in total. The number of aromatic amines is 1. The van der Waals surface area contributed by atoms with E-state index in [0.29, 0.717) is 35.4 Å². The largest absolute Gasteiger partial charge is 0.385 e. The molecule has 1 aliphatic rings. The Morgan fingerprint density at radius 1 is 1.05 bits per heavy atom. The van der Waals surface area contributed by atoms with Crippen LogP contribution in [0.3, 0.4) is 0 Å². The summed E-state index contributed by atoms with van der Waals surface area (Å²) in [6.45, 7) is 6.17. The Hall–Kier alpha value is -3.66. The van der Waals surface area contributed by atoms with Gasteiger partial charge in [-0.25, -0.2) is 18.7 Å². The third-order valence-electron chi connectivity index (χ3n) is 6.84. The van der Waals surface area contributed by atoms with Crippen molar-refractivity contribution in [3.8, 4) is 22.8 Å². The molecule has 8 nitrogen and oxygen atoms in total. The predicted molar refractivity (Wildman–Crippen MR) is 133 cm³/mol. The number of aliphatic hydroxyl groups is 1. The molecule has 0 saturated carbocycles. The maximum absolute atomic E-state index is 14.5. The highest BCUT2D eigenvalue weighted by Crippen LogP contribution is 2.44. The molecular formula is C27H29F2N7O. The summed E-state index contributed by atoms with van der Waals surface area (Å²) < 4.78 is 29.1. The Labute approximate surface area is 213 Å². The fourth-order valence-corrected chi connectivity index (χ4v) is 5.02. The van der Waals surface area contributed by atoms with Crippen LogP contribution in [-0.2, 0) is 0 Å². The normalized spacial score (nSPS) is 18.1. The molecule has 0 bridgehead atoms. The van der Waals surface area contributed by atoms with E-state index in [-0.39, 0.29) is 23.1 Å². The minimum absolute atomic E-state index is 0.166. The summed E-state index contributed by atoms with van der Waals surface area (Å²) in [5, 5.41) is 25.7. The molecule has 4 aromatic rings. The minimum atomic E-state index is -0.756. The number of fused-ring (bicyclic) bond motifs is 1. The molecule has 10 heteroatoms. The van der Waals surface area contributed by atoms with Crippen LogP contribution >= 0.6 is 0 Å². The molecule has 0 amide bonds. The molecule has 0 saturated heterocycles. The lowest BCUT2D eigenvalue weighted by Crippen LogP contribution is -2.20. The second kappa shape index (κ2) is 10.4. The highest BCUT2D eigenvalue weighted by molar-refractivity contribution is 5.62. The summed E-state index contributed by atoms with van der Waals surface area (Å²) in [4.78, 5) is 13.5. The lowest BCUT2D eigenvalue weighted by atomic mass is 9.75. The number of rotatable bonds is 7. The molecule has 1 aromatic carbocycles. The van der Waals surface area contributed by atoms with Crippen LogP contribution in [0.4, 0.5) is 8.78 Å². The molecule has 5 rings (SSSR count). The minimum Gasteiger partial charge on any atom is -0.385 e. The van der Waals surface area contributed by atoms with Crippen LogP contribution in [-0.4, -0.2) is 40.5 Å². The maximum Gasteiger partial charge on any atom is 0.179 e. The summed E-state index contributed by atoms with van der Waals surface area (Å²) >= 11 is 0. The fourth-order valence-electron chi connectivity index (χ4n) is 5.02. The molecule has 0 radical (unpaired) electrons. The van der Waals surface area contributed by atoms with Gasteiger partial charge in [-0.15, -0.1) is 5.10 Å². The predicted octanol–water partition coefficient (Wildman–Crippen LogP) is 5.50. The van der Waals surface area contributed by atoms with Crippen LogP contribution in [0.25, 0.3) is 22.8 Å². The number of H-pyrrole nitrogens is 1. The number of hydrogen-bond acceptors (Lipinski definition) is 7. The Kier molecular flexibility index (Phi) is 7.01. The highest BCUT2D eigenvalue weighted by Gasteiger charge is 2.33. The first-order valence-corrected chi connectivity index (χ1v) is 12.6. The average molecular weight is 506 g/mol. The van der Waals surface area contributed by atoms with Crippen molar-refractivity contribution in [3.63, 3.8) is 0 Å². The molecular weight excluding hydrogens is 476 g/mol. The highest BCUT2D eigenvalue weighted by atomic mass is 19.1. The van der Waals surface area contributed by atoms with Crippen LogP contribution in [0, 0.1) is 17.6 Å². The van der Waals surface area contributed by atoms with E-state index in [1.807, 2.05) is 6.92 Å². The van der Waals surface area contributed by atoms with Crippen LogP contribution in [0.5, 0.6) is 0 Å². The Morgan fingerprint density at radius 2 is 1.84 bits per heavy atom. The molecule has 0 aliphatic heterocycles. The first kappa shape index (κ1) is 25.0. The van der Waals surface area contributed by atoms with E-state index in [9.17, 15) is 13.9 Å². The van der Waals surface area contributed by atoms with Gasteiger partial charge in [-0.2, -0.15) is 10.2 Å². The fraction of sp³-hybridized carbons (Fsp3) is 0.407. The Bertz CT molecular complexity index is 1390. The van der Waals surface area contributed by atoms with Gasteiger partial charge in [0.2, 0.25) is 0 Å².